The molecule has 2 N–H and O–H groups in total. The summed E-state index contributed by atoms with van der Waals surface area (Å²) in [6.07, 6.45) is 2.92. The van der Waals surface area contributed by atoms with Gasteiger partial charge in [-0.25, -0.2) is 0 Å². The first-order valence-corrected chi connectivity index (χ1v) is 7.00. The van der Waals surface area contributed by atoms with Crippen molar-refractivity contribution >= 4 is 5.91 Å². The first-order chi connectivity index (χ1) is 8.68. The Balaban J connectivity index is 2.00. The Morgan fingerprint density at radius 2 is 1.94 bits per heavy atom. The minimum absolute atomic E-state index is 0.0992. The van der Waals surface area contributed by atoms with Gasteiger partial charge in [-0.3, -0.25) is 9.69 Å². The zero-order valence-electron chi connectivity index (χ0n) is 11.3. The summed E-state index contributed by atoms with van der Waals surface area (Å²) in [7, 11) is 0. The number of amides is 1. The molecule has 2 fully saturated rings. The third-order valence-corrected chi connectivity index (χ3v) is 4.44. The van der Waals surface area contributed by atoms with Gasteiger partial charge in [-0.1, -0.05) is 0 Å². The molecule has 0 saturated carbocycles. The predicted octanol–water partition coefficient (Wildman–Crippen LogP) is -0.345. The quantitative estimate of drug-likeness (QED) is 0.708. The van der Waals surface area contributed by atoms with E-state index in [1.807, 2.05) is 4.90 Å². The second kappa shape index (κ2) is 5.99. The van der Waals surface area contributed by atoms with E-state index in [0.717, 1.165) is 58.5 Å². The number of carbonyl (C=O) groups is 1. The smallest absolute Gasteiger partial charge is 0.219 e. The van der Waals surface area contributed by atoms with E-state index in [1.54, 1.807) is 6.92 Å². The highest BCUT2D eigenvalue weighted by Gasteiger charge is 2.39. The lowest BCUT2D eigenvalue weighted by Gasteiger charge is -2.47. The van der Waals surface area contributed by atoms with Gasteiger partial charge in [0.1, 0.15) is 0 Å². The zero-order valence-corrected chi connectivity index (χ0v) is 11.3. The molecular weight excluding hydrogens is 230 g/mol. The molecule has 0 spiro atoms. The highest BCUT2D eigenvalue weighted by atomic mass is 16.3. The highest BCUT2D eigenvalue weighted by Crippen LogP contribution is 2.29. The number of nitrogens with one attached hydrogen (secondary N) is 1. The number of rotatable bonds is 2. The Labute approximate surface area is 109 Å². The number of hydrogen-bond donors (Lipinski definition) is 2. The second-order valence-corrected chi connectivity index (χ2v) is 5.48. The molecular formula is C13H25N3O2. The Kier molecular flexibility index (Phi) is 4.59. The number of carbonyl (C=O) groups excluding carboxylic acids is 1. The minimum Gasteiger partial charge on any atom is -0.394 e. The van der Waals surface area contributed by atoms with E-state index >= 15 is 0 Å². The van der Waals surface area contributed by atoms with Crippen molar-refractivity contribution in [3.63, 3.8) is 0 Å². The standard InChI is InChI=1S/C13H25N3O2/c1-12(18)15-8-3-13(11-17,4-9-15)16-7-2-5-14-6-10-16/h14,17H,2-11H2,1H3. The van der Waals surface area contributed by atoms with Crippen molar-refractivity contribution in [3.8, 4) is 0 Å². The van der Waals surface area contributed by atoms with Gasteiger partial charge in [-0.2, -0.15) is 0 Å². The molecule has 5 heteroatoms. The summed E-state index contributed by atoms with van der Waals surface area (Å²) in [5.74, 6) is 0.152. The topological polar surface area (TPSA) is 55.8 Å². The molecule has 0 aromatic rings. The molecule has 0 radical (unpaired) electrons. The van der Waals surface area contributed by atoms with Crippen molar-refractivity contribution < 1.29 is 9.90 Å². The Hall–Kier alpha value is -0.650. The van der Waals surface area contributed by atoms with Crippen LogP contribution in [-0.2, 0) is 4.79 Å². The second-order valence-electron chi connectivity index (χ2n) is 5.48. The van der Waals surface area contributed by atoms with E-state index in [1.165, 1.54) is 0 Å². The molecule has 0 aromatic carbocycles. The summed E-state index contributed by atoms with van der Waals surface area (Å²) >= 11 is 0. The number of nitrogens with zero attached hydrogens (tertiary/aromatic N) is 2. The molecule has 1 amide bonds. The molecule has 2 heterocycles. The molecule has 2 aliphatic rings. The van der Waals surface area contributed by atoms with Gasteiger partial charge in [0.15, 0.2) is 0 Å². The van der Waals surface area contributed by atoms with Gasteiger partial charge in [0.2, 0.25) is 5.91 Å². The fraction of sp³-hybridized carbons (Fsp3) is 0.923. The molecule has 0 bridgehead atoms. The maximum absolute atomic E-state index is 11.4. The minimum atomic E-state index is -0.0992. The van der Waals surface area contributed by atoms with Crippen LogP contribution in [0.3, 0.4) is 0 Å². The SMILES string of the molecule is CC(=O)N1CCC(CO)(N2CCCNCC2)CC1. The number of piperidine rings is 1. The summed E-state index contributed by atoms with van der Waals surface area (Å²) in [6, 6.07) is 0. The zero-order chi connectivity index (χ0) is 13.0. The highest BCUT2D eigenvalue weighted by molar-refractivity contribution is 5.73. The number of likely N-dealkylation sites (tertiary alicyclic amines) is 1. The van der Waals surface area contributed by atoms with Gasteiger partial charge >= 0.3 is 0 Å². The Morgan fingerprint density at radius 1 is 1.22 bits per heavy atom. The van der Waals surface area contributed by atoms with E-state index in [-0.39, 0.29) is 18.1 Å². The lowest BCUT2D eigenvalue weighted by atomic mass is 9.86. The van der Waals surface area contributed by atoms with Gasteiger partial charge in [0, 0.05) is 45.2 Å². The monoisotopic (exact) mass is 255 g/mol. The largest absolute Gasteiger partial charge is 0.394 e. The van der Waals surface area contributed by atoms with Gasteiger partial charge in [0.05, 0.1) is 6.61 Å². The van der Waals surface area contributed by atoms with E-state index in [2.05, 4.69) is 10.2 Å². The van der Waals surface area contributed by atoms with Gasteiger partial charge < -0.3 is 15.3 Å². The van der Waals surface area contributed by atoms with E-state index < -0.39 is 0 Å². The lowest BCUT2D eigenvalue weighted by Crippen LogP contribution is -2.59. The third-order valence-electron chi connectivity index (χ3n) is 4.44. The van der Waals surface area contributed by atoms with Crippen molar-refractivity contribution in [2.75, 3.05) is 45.9 Å². The molecule has 0 aromatic heterocycles. The summed E-state index contributed by atoms with van der Waals surface area (Å²) in [5, 5.41) is 13.2. The maximum atomic E-state index is 11.4. The van der Waals surface area contributed by atoms with Crippen LogP contribution >= 0.6 is 0 Å². The van der Waals surface area contributed by atoms with E-state index in [0.29, 0.717) is 0 Å². The van der Waals surface area contributed by atoms with Gasteiger partial charge in [-0.15, -0.1) is 0 Å². The van der Waals surface area contributed by atoms with Crippen LogP contribution in [0.5, 0.6) is 0 Å². The van der Waals surface area contributed by atoms with Crippen LogP contribution in [0, 0.1) is 0 Å². The van der Waals surface area contributed by atoms with Crippen LogP contribution in [0.4, 0.5) is 0 Å². The summed E-state index contributed by atoms with van der Waals surface area (Å²) in [4.78, 5) is 15.7. The number of aliphatic hydroxyl groups excluding tert-OH is 1. The van der Waals surface area contributed by atoms with Crippen LogP contribution < -0.4 is 5.32 Å². The lowest BCUT2D eigenvalue weighted by molar-refractivity contribution is -0.132. The van der Waals surface area contributed by atoms with Crippen molar-refractivity contribution in [3.05, 3.63) is 0 Å². The molecule has 0 unspecified atom stereocenters. The van der Waals surface area contributed by atoms with Gasteiger partial charge in [-0.05, 0) is 25.8 Å². The van der Waals surface area contributed by atoms with Gasteiger partial charge in [0.25, 0.3) is 0 Å². The average Bonchev–Trinajstić information content (AvgIpc) is 2.68. The van der Waals surface area contributed by atoms with Crippen LogP contribution in [0.2, 0.25) is 0 Å². The average molecular weight is 255 g/mol. The normalized spacial score (nSPS) is 25.8. The summed E-state index contributed by atoms with van der Waals surface area (Å²) in [6.45, 7) is 7.50. The Bertz CT molecular complexity index is 280. The third kappa shape index (κ3) is 2.84. The molecule has 2 aliphatic heterocycles. The number of aliphatic hydroxyl groups is 1. The molecule has 104 valence electrons. The number of hydrogen-bond acceptors (Lipinski definition) is 4. The molecule has 2 saturated heterocycles. The van der Waals surface area contributed by atoms with E-state index in [4.69, 9.17) is 0 Å². The van der Waals surface area contributed by atoms with Crippen molar-refractivity contribution in [2.45, 2.75) is 31.7 Å². The van der Waals surface area contributed by atoms with Crippen molar-refractivity contribution in [1.29, 1.82) is 0 Å². The van der Waals surface area contributed by atoms with Crippen LogP contribution in [0.1, 0.15) is 26.2 Å². The fourth-order valence-electron chi connectivity index (χ4n) is 3.13. The van der Waals surface area contributed by atoms with Crippen LogP contribution in [-0.4, -0.2) is 72.2 Å². The first kappa shape index (κ1) is 13.8. The molecule has 0 atom stereocenters. The molecule has 5 nitrogen and oxygen atoms in total. The van der Waals surface area contributed by atoms with Crippen LogP contribution in [0.15, 0.2) is 0 Å². The maximum Gasteiger partial charge on any atom is 0.219 e. The molecule has 18 heavy (non-hydrogen) atoms. The van der Waals surface area contributed by atoms with Crippen LogP contribution in [0.25, 0.3) is 0 Å². The Morgan fingerprint density at radius 3 is 2.56 bits per heavy atom. The summed E-state index contributed by atoms with van der Waals surface area (Å²) < 4.78 is 0. The van der Waals surface area contributed by atoms with Crippen molar-refractivity contribution in [1.82, 2.24) is 15.1 Å². The predicted molar refractivity (Wildman–Crippen MR) is 70.4 cm³/mol. The fourth-order valence-corrected chi connectivity index (χ4v) is 3.13. The molecule has 2 rings (SSSR count). The first-order valence-electron chi connectivity index (χ1n) is 7.00. The van der Waals surface area contributed by atoms with Crippen molar-refractivity contribution in [2.24, 2.45) is 0 Å². The van der Waals surface area contributed by atoms with E-state index in [9.17, 15) is 9.90 Å². The molecule has 0 aliphatic carbocycles. The summed E-state index contributed by atoms with van der Waals surface area (Å²) in [5.41, 5.74) is -0.0992.